The summed E-state index contributed by atoms with van der Waals surface area (Å²) in [5, 5.41) is 2.97. The van der Waals surface area contributed by atoms with Gasteiger partial charge < -0.3 is 14.8 Å². The molecular formula is C14H18BrNO3. The van der Waals surface area contributed by atoms with Crippen molar-refractivity contribution in [3.63, 3.8) is 0 Å². The first-order chi connectivity index (χ1) is 9.15. The minimum atomic E-state index is -0.0775. The molecule has 0 spiro atoms. The Balaban J connectivity index is 1.81. The molecule has 1 amide bonds. The molecule has 1 fully saturated rings. The average Bonchev–Trinajstić information content (AvgIpc) is 2.41. The van der Waals surface area contributed by atoms with Gasteiger partial charge in [-0.25, -0.2) is 0 Å². The summed E-state index contributed by atoms with van der Waals surface area (Å²) in [4.78, 5) is 11.8. The molecule has 1 N–H and O–H groups in total. The predicted octanol–water partition coefficient (Wildman–Crippen LogP) is 2.43. The lowest BCUT2D eigenvalue weighted by Gasteiger charge is -2.23. The van der Waals surface area contributed by atoms with Crippen molar-refractivity contribution in [2.45, 2.75) is 25.8 Å². The summed E-state index contributed by atoms with van der Waals surface area (Å²) in [6, 6.07) is 5.99. The lowest BCUT2D eigenvalue weighted by atomic mass is 10.1. The molecule has 1 saturated heterocycles. The Morgan fingerprint density at radius 1 is 1.47 bits per heavy atom. The summed E-state index contributed by atoms with van der Waals surface area (Å²) in [6.07, 6.45) is 1.75. The summed E-state index contributed by atoms with van der Waals surface area (Å²) in [5.74, 6) is 0.655. The van der Waals surface area contributed by atoms with Crippen LogP contribution in [-0.4, -0.2) is 31.8 Å². The number of halogens is 1. The molecule has 1 aromatic carbocycles. The van der Waals surface area contributed by atoms with Crippen LogP contribution >= 0.6 is 15.9 Å². The van der Waals surface area contributed by atoms with E-state index in [-0.39, 0.29) is 18.6 Å². The molecule has 5 heteroatoms. The minimum absolute atomic E-state index is 0.0502. The SMILES string of the molecule is Cc1ccc(Br)cc1OCC(=O)NC1CCOCC1. The molecule has 0 atom stereocenters. The maximum Gasteiger partial charge on any atom is 0.258 e. The second-order valence-electron chi connectivity index (χ2n) is 4.65. The van der Waals surface area contributed by atoms with E-state index in [1.54, 1.807) is 0 Å². The topological polar surface area (TPSA) is 47.6 Å². The first-order valence-corrected chi connectivity index (χ1v) is 7.20. The second kappa shape index (κ2) is 6.91. The zero-order chi connectivity index (χ0) is 13.7. The molecule has 4 nitrogen and oxygen atoms in total. The van der Waals surface area contributed by atoms with E-state index in [1.807, 2.05) is 25.1 Å². The van der Waals surface area contributed by atoms with Crippen LogP contribution in [0, 0.1) is 6.92 Å². The Kier molecular flexibility index (Phi) is 5.22. The van der Waals surface area contributed by atoms with Crippen LogP contribution in [0.5, 0.6) is 5.75 Å². The molecule has 1 aliphatic heterocycles. The molecule has 19 heavy (non-hydrogen) atoms. The Hall–Kier alpha value is -1.07. The zero-order valence-electron chi connectivity index (χ0n) is 10.9. The van der Waals surface area contributed by atoms with Crippen LogP contribution in [0.15, 0.2) is 22.7 Å². The summed E-state index contributed by atoms with van der Waals surface area (Å²) in [6.45, 7) is 3.44. The Morgan fingerprint density at radius 2 is 2.21 bits per heavy atom. The van der Waals surface area contributed by atoms with Crippen molar-refractivity contribution in [3.05, 3.63) is 28.2 Å². The minimum Gasteiger partial charge on any atom is -0.483 e. The highest BCUT2D eigenvalue weighted by Gasteiger charge is 2.16. The van der Waals surface area contributed by atoms with Gasteiger partial charge in [0.2, 0.25) is 0 Å². The number of ether oxygens (including phenoxy) is 2. The van der Waals surface area contributed by atoms with Crippen LogP contribution in [-0.2, 0) is 9.53 Å². The van der Waals surface area contributed by atoms with Crippen LogP contribution in [0.1, 0.15) is 18.4 Å². The highest BCUT2D eigenvalue weighted by atomic mass is 79.9. The van der Waals surface area contributed by atoms with Crippen molar-refractivity contribution >= 4 is 21.8 Å². The largest absolute Gasteiger partial charge is 0.483 e. The van der Waals surface area contributed by atoms with Crippen molar-refractivity contribution in [3.8, 4) is 5.75 Å². The van der Waals surface area contributed by atoms with E-state index in [9.17, 15) is 4.79 Å². The summed E-state index contributed by atoms with van der Waals surface area (Å²) < 4.78 is 11.7. The highest BCUT2D eigenvalue weighted by molar-refractivity contribution is 9.10. The molecule has 0 aromatic heterocycles. The van der Waals surface area contributed by atoms with E-state index in [2.05, 4.69) is 21.2 Å². The fourth-order valence-corrected chi connectivity index (χ4v) is 2.32. The van der Waals surface area contributed by atoms with Gasteiger partial charge in [0.25, 0.3) is 5.91 Å². The molecular weight excluding hydrogens is 310 g/mol. The highest BCUT2D eigenvalue weighted by Crippen LogP contribution is 2.22. The number of amides is 1. The number of carbonyl (C=O) groups is 1. The molecule has 2 rings (SSSR count). The molecule has 0 aliphatic carbocycles. The van der Waals surface area contributed by atoms with E-state index >= 15 is 0 Å². The van der Waals surface area contributed by atoms with Crippen molar-refractivity contribution in [1.82, 2.24) is 5.32 Å². The van der Waals surface area contributed by atoms with Gasteiger partial charge in [0.15, 0.2) is 6.61 Å². The third kappa shape index (κ3) is 4.51. The molecule has 104 valence electrons. The summed E-state index contributed by atoms with van der Waals surface area (Å²) >= 11 is 3.39. The van der Waals surface area contributed by atoms with E-state index in [0.717, 1.165) is 41.8 Å². The molecule has 1 aromatic rings. The van der Waals surface area contributed by atoms with Gasteiger partial charge in [0.05, 0.1) is 0 Å². The van der Waals surface area contributed by atoms with Crippen LogP contribution in [0.2, 0.25) is 0 Å². The third-order valence-corrected chi connectivity index (χ3v) is 3.59. The molecule has 0 radical (unpaired) electrons. The number of rotatable bonds is 4. The molecule has 1 heterocycles. The first-order valence-electron chi connectivity index (χ1n) is 6.41. The first kappa shape index (κ1) is 14.3. The van der Waals surface area contributed by atoms with Gasteiger partial charge in [-0.2, -0.15) is 0 Å². The molecule has 0 bridgehead atoms. The number of benzene rings is 1. The summed E-state index contributed by atoms with van der Waals surface area (Å²) in [7, 11) is 0. The molecule has 0 unspecified atom stereocenters. The number of aryl methyl sites for hydroxylation is 1. The lowest BCUT2D eigenvalue weighted by molar-refractivity contribution is -0.124. The average molecular weight is 328 g/mol. The smallest absolute Gasteiger partial charge is 0.258 e. The molecule has 1 aliphatic rings. The predicted molar refractivity (Wildman–Crippen MR) is 76.4 cm³/mol. The van der Waals surface area contributed by atoms with Gasteiger partial charge >= 0.3 is 0 Å². The van der Waals surface area contributed by atoms with Gasteiger partial charge in [0.1, 0.15) is 5.75 Å². The Labute approximate surface area is 121 Å². The third-order valence-electron chi connectivity index (χ3n) is 3.10. The number of hydrogen-bond donors (Lipinski definition) is 1. The van der Waals surface area contributed by atoms with Crippen molar-refractivity contribution in [1.29, 1.82) is 0 Å². The van der Waals surface area contributed by atoms with Crippen molar-refractivity contribution < 1.29 is 14.3 Å². The van der Waals surface area contributed by atoms with Gasteiger partial charge in [0, 0.05) is 23.7 Å². The normalized spacial score (nSPS) is 16.1. The Morgan fingerprint density at radius 3 is 2.95 bits per heavy atom. The van der Waals surface area contributed by atoms with Crippen LogP contribution in [0.25, 0.3) is 0 Å². The zero-order valence-corrected chi connectivity index (χ0v) is 12.5. The van der Waals surface area contributed by atoms with E-state index in [0.29, 0.717) is 0 Å². The van der Waals surface area contributed by atoms with Crippen LogP contribution in [0.4, 0.5) is 0 Å². The number of nitrogens with one attached hydrogen (secondary N) is 1. The van der Waals surface area contributed by atoms with Crippen LogP contribution < -0.4 is 10.1 Å². The fourth-order valence-electron chi connectivity index (χ4n) is 1.98. The Bertz CT molecular complexity index is 444. The van der Waals surface area contributed by atoms with E-state index in [1.165, 1.54) is 0 Å². The van der Waals surface area contributed by atoms with Gasteiger partial charge in [-0.1, -0.05) is 22.0 Å². The van der Waals surface area contributed by atoms with E-state index < -0.39 is 0 Å². The van der Waals surface area contributed by atoms with E-state index in [4.69, 9.17) is 9.47 Å². The quantitative estimate of drug-likeness (QED) is 0.923. The molecule has 0 saturated carbocycles. The summed E-state index contributed by atoms with van der Waals surface area (Å²) in [5.41, 5.74) is 1.02. The number of carbonyl (C=O) groups excluding carboxylic acids is 1. The lowest BCUT2D eigenvalue weighted by Crippen LogP contribution is -2.41. The fraction of sp³-hybridized carbons (Fsp3) is 0.500. The second-order valence-corrected chi connectivity index (χ2v) is 5.57. The maximum absolute atomic E-state index is 11.8. The van der Waals surface area contributed by atoms with Gasteiger partial charge in [-0.15, -0.1) is 0 Å². The van der Waals surface area contributed by atoms with Crippen molar-refractivity contribution in [2.75, 3.05) is 19.8 Å². The van der Waals surface area contributed by atoms with Gasteiger partial charge in [-0.3, -0.25) is 4.79 Å². The van der Waals surface area contributed by atoms with Crippen molar-refractivity contribution in [2.24, 2.45) is 0 Å². The monoisotopic (exact) mass is 327 g/mol. The van der Waals surface area contributed by atoms with Crippen LogP contribution in [0.3, 0.4) is 0 Å². The maximum atomic E-state index is 11.8. The number of hydrogen-bond acceptors (Lipinski definition) is 3. The standard InChI is InChI=1S/C14H18BrNO3/c1-10-2-3-11(15)8-13(10)19-9-14(17)16-12-4-6-18-7-5-12/h2-3,8,12H,4-7,9H2,1H3,(H,16,17). The van der Waals surface area contributed by atoms with Gasteiger partial charge in [-0.05, 0) is 37.5 Å².